The second kappa shape index (κ2) is 3.78. The van der Waals surface area contributed by atoms with Crippen molar-refractivity contribution in [3.8, 4) is 0 Å². The number of carbonyl (C=O) groups is 2. The van der Waals surface area contributed by atoms with E-state index < -0.39 is 0 Å². The molecule has 1 aromatic heterocycles. The third-order valence-corrected chi connectivity index (χ3v) is 4.90. The van der Waals surface area contributed by atoms with E-state index in [1.165, 1.54) is 11.3 Å². The molecule has 2 aromatic rings. The number of Topliss-reactive ketones (excluding diaryl/α,β-unsaturated/α-hetero) is 1. The van der Waals surface area contributed by atoms with Crippen LogP contribution in [0.2, 0.25) is 0 Å². The van der Waals surface area contributed by atoms with Crippen LogP contribution in [0.25, 0.3) is 0 Å². The summed E-state index contributed by atoms with van der Waals surface area (Å²) in [7, 11) is 0. The number of thiophene rings is 1. The summed E-state index contributed by atoms with van der Waals surface area (Å²) in [6, 6.07) is 9.49. The van der Waals surface area contributed by atoms with E-state index in [4.69, 9.17) is 0 Å². The summed E-state index contributed by atoms with van der Waals surface area (Å²) in [5, 5.41) is 1.93. The molecular weight excluding hydrogens is 258 g/mol. The maximum Gasteiger partial charge on any atom is 0.255 e. The van der Waals surface area contributed by atoms with Crippen LogP contribution in [0.15, 0.2) is 35.7 Å². The lowest BCUT2D eigenvalue weighted by Gasteiger charge is -2.21. The predicted molar refractivity (Wildman–Crippen MR) is 72.3 cm³/mol. The molecular formula is C15H11NO2S. The lowest BCUT2D eigenvalue weighted by molar-refractivity contribution is 0.0700. The Morgan fingerprint density at radius 2 is 2.00 bits per heavy atom. The highest BCUT2D eigenvalue weighted by molar-refractivity contribution is 7.12. The van der Waals surface area contributed by atoms with Gasteiger partial charge >= 0.3 is 0 Å². The monoisotopic (exact) mass is 269 g/mol. The van der Waals surface area contributed by atoms with Crippen molar-refractivity contribution in [2.75, 3.05) is 0 Å². The first-order valence-electron chi connectivity index (χ1n) is 6.25. The minimum absolute atomic E-state index is 0.0486. The van der Waals surface area contributed by atoms with Gasteiger partial charge in [-0.25, -0.2) is 0 Å². The number of benzene rings is 1. The SMILES string of the molecule is O=C1CC2c3ccccc3C(=O)N2Cc2ccsc21. The normalized spacial score (nSPS) is 20.8. The van der Waals surface area contributed by atoms with Gasteiger partial charge in [0.25, 0.3) is 5.91 Å². The zero-order chi connectivity index (χ0) is 13.0. The van der Waals surface area contributed by atoms with Gasteiger partial charge in [-0.15, -0.1) is 11.3 Å². The van der Waals surface area contributed by atoms with Crippen LogP contribution < -0.4 is 0 Å². The molecule has 0 N–H and O–H groups in total. The summed E-state index contributed by atoms with van der Waals surface area (Å²) in [4.78, 5) is 27.4. The third-order valence-electron chi connectivity index (χ3n) is 3.91. The smallest absolute Gasteiger partial charge is 0.255 e. The molecule has 0 saturated carbocycles. The Morgan fingerprint density at radius 1 is 1.16 bits per heavy atom. The minimum atomic E-state index is -0.0872. The highest BCUT2D eigenvalue weighted by Crippen LogP contribution is 2.41. The molecule has 0 aliphatic carbocycles. The molecule has 0 spiro atoms. The van der Waals surface area contributed by atoms with Crippen LogP contribution >= 0.6 is 11.3 Å². The van der Waals surface area contributed by atoms with Crippen LogP contribution in [0, 0.1) is 0 Å². The second-order valence-corrected chi connectivity index (χ2v) is 5.85. The average Bonchev–Trinajstić information content (AvgIpc) is 2.95. The van der Waals surface area contributed by atoms with Crippen LogP contribution in [0.3, 0.4) is 0 Å². The van der Waals surface area contributed by atoms with E-state index in [9.17, 15) is 9.59 Å². The Morgan fingerprint density at radius 3 is 2.89 bits per heavy atom. The molecule has 1 aromatic carbocycles. The van der Waals surface area contributed by atoms with Crippen LogP contribution in [0.5, 0.6) is 0 Å². The number of fused-ring (bicyclic) bond motifs is 4. The van der Waals surface area contributed by atoms with Crippen molar-refractivity contribution in [2.24, 2.45) is 0 Å². The van der Waals surface area contributed by atoms with Crippen LogP contribution in [0.4, 0.5) is 0 Å². The van der Waals surface area contributed by atoms with Crippen LogP contribution in [-0.2, 0) is 6.54 Å². The second-order valence-electron chi connectivity index (χ2n) is 4.94. The van der Waals surface area contributed by atoms with Gasteiger partial charge in [0.15, 0.2) is 5.78 Å². The van der Waals surface area contributed by atoms with Crippen molar-refractivity contribution >= 4 is 23.0 Å². The Bertz CT molecular complexity index is 704. The number of amides is 1. The molecule has 3 heterocycles. The number of carbonyl (C=O) groups excluding carboxylic acids is 2. The lowest BCUT2D eigenvalue weighted by Crippen LogP contribution is -2.26. The minimum Gasteiger partial charge on any atom is -0.327 e. The van der Waals surface area contributed by atoms with Gasteiger partial charge in [0.1, 0.15) is 0 Å². The Balaban J connectivity index is 1.86. The molecule has 0 fully saturated rings. The molecule has 3 nitrogen and oxygen atoms in total. The van der Waals surface area contributed by atoms with Gasteiger partial charge in [-0.1, -0.05) is 18.2 Å². The molecule has 1 unspecified atom stereocenters. The van der Waals surface area contributed by atoms with E-state index in [-0.39, 0.29) is 17.7 Å². The van der Waals surface area contributed by atoms with Gasteiger partial charge in [0.05, 0.1) is 10.9 Å². The summed E-state index contributed by atoms with van der Waals surface area (Å²) in [5.74, 6) is 0.203. The van der Waals surface area contributed by atoms with E-state index in [1.54, 1.807) is 0 Å². The largest absolute Gasteiger partial charge is 0.327 e. The van der Waals surface area contributed by atoms with Crippen molar-refractivity contribution in [1.29, 1.82) is 0 Å². The van der Waals surface area contributed by atoms with E-state index >= 15 is 0 Å². The zero-order valence-electron chi connectivity index (χ0n) is 10.1. The topological polar surface area (TPSA) is 37.4 Å². The summed E-state index contributed by atoms with van der Waals surface area (Å²) >= 11 is 1.48. The molecule has 1 amide bonds. The Kier molecular flexibility index (Phi) is 2.17. The van der Waals surface area contributed by atoms with Crippen molar-refractivity contribution in [3.05, 3.63) is 57.3 Å². The van der Waals surface area contributed by atoms with Crippen molar-refractivity contribution in [1.82, 2.24) is 4.90 Å². The fourth-order valence-corrected chi connectivity index (χ4v) is 3.87. The molecule has 4 rings (SSSR count). The Hall–Kier alpha value is -1.94. The van der Waals surface area contributed by atoms with E-state index in [0.29, 0.717) is 13.0 Å². The summed E-state index contributed by atoms with van der Waals surface area (Å²) in [5.41, 5.74) is 2.73. The number of nitrogens with zero attached hydrogens (tertiary/aromatic N) is 1. The van der Waals surface area contributed by atoms with E-state index in [0.717, 1.165) is 21.6 Å². The van der Waals surface area contributed by atoms with Gasteiger partial charge in [0.2, 0.25) is 0 Å². The van der Waals surface area contributed by atoms with Crippen LogP contribution in [-0.4, -0.2) is 16.6 Å². The molecule has 0 bridgehead atoms. The molecule has 4 heteroatoms. The van der Waals surface area contributed by atoms with Crippen molar-refractivity contribution in [3.63, 3.8) is 0 Å². The highest BCUT2D eigenvalue weighted by atomic mass is 32.1. The summed E-state index contributed by atoms with van der Waals surface area (Å²) in [6.45, 7) is 0.544. The fraction of sp³-hybridized carbons (Fsp3) is 0.200. The molecule has 2 aliphatic rings. The molecule has 0 radical (unpaired) electrons. The number of hydrogen-bond acceptors (Lipinski definition) is 3. The maximum atomic E-state index is 12.4. The van der Waals surface area contributed by atoms with Gasteiger partial charge in [0, 0.05) is 18.5 Å². The quantitative estimate of drug-likeness (QED) is 0.737. The van der Waals surface area contributed by atoms with E-state index in [2.05, 4.69) is 0 Å². The molecule has 1 atom stereocenters. The highest BCUT2D eigenvalue weighted by Gasteiger charge is 2.40. The maximum absolute atomic E-state index is 12.4. The first-order valence-corrected chi connectivity index (χ1v) is 7.13. The van der Waals surface area contributed by atoms with Crippen molar-refractivity contribution < 1.29 is 9.59 Å². The Labute approximate surface area is 114 Å². The number of rotatable bonds is 0. The predicted octanol–water partition coefficient (Wildman–Crippen LogP) is 3.03. The van der Waals surface area contributed by atoms with Gasteiger partial charge in [-0.3, -0.25) is 9.59 Å². The van der Waals surface area contributed by atoms with E-state index in [1.807, 2.05) is 40.6 Å². The first-order chi connectivity index (χ1) is 9.25. The lowest BCUT2D eigenvalue weighted by atomic mass is 10.0. The fourth-order valence-electron chi connectivity index (χ4n) is 3.01. The number of ketones is 1. The summed E-state index contributed by atoms with van der Waals surface area (Å²) in [6.07, 6.45) is 0.399. The standard InChI is InChI=1S/C15H11NO2S/c17-13-7-12-10-3-1-2-4-11(10)15(18)16(12)8-9-5-6-19-14(9)13/h1-6,12H,7-8H2. The average molecular weight is 269 g/mol. The molecule has 2 aliphatic heterocycles. The van der Waals surface area contributed by atoms with Gasteiger partial charge in [-0.2, -0.15) is 0 Å². The third kappa shape index (κ3) is 1.43. The molecule has 94 valence electrons. The molecule has 0 saturated heterocycles. The van der Waals surface area contributed by atoms with Crippen LogP contribution in [0.1, 0.15) is 43.6 Å². The molecule has 19 heavy (non-hydrogen) atoms. The van der Waals surface area contributed by atoms with Gasteiger partial charge in [-0.05, 0) is 28.6 Å². The zero-order valence-corrected chi connectivity index (χ0v) is 10.9. The number of hydrogen-bond donors (Lipinski definition) is 0. The first kappa shape index (κ1) is 10.9. The van der Waals surface area contributed by atoms with Crippen molar-refractivity contribution in [2.45, 2.75) is 19.0 Å². The van der Waals surface area contributed by atoms with Gasteiger partial charge < -0.3 is 4.90 Å². The summed E-state index contributed by atoms with van der Waals surface area (Å²) < 4.78 is 0.